The molecule has 1 aliphatic heterocycles. The molecule has 38 heavy (non-hydrogen) atoms. The summed E-state index contributed by atoms with van der Waals surface area (Å²) in [7, 11) is 3.24. The zero-order valence-electron chi connectivity index (χ0n) is 21.1. The summed E-state index contributed by atoms with van der Waals surface area (Å²) in [5.74, 6) is 1.03. The van der Waals surface area contributed by atoms with Crippen molar-refractivity contribution in [1.29, 1.82) is 0 Å². The highest BCUT2D eigenvalue weighted by molar-refractivity contribution is 6.09. The smallest absolute Gasteiger partial charge is 0.387 e. The lowest BCUT2D eigenvalue weighted by molar-refractivity contribution is -0.0499. The van der Waals surface area contributed by atoms with E-state index < -0.39 is 6.61 Å². The normalized spacial score (nSPS) is 19.8. The molecule has 0 N–H and O–H groups in total. The van der Waals surface area contributed by atoms with Crippen LogP contribution in [0.25, 0.3) is 6.08 Å². The van der Waals surface area contributed by atoms with Crippen LogP contribution in [0.3, 0.4) is 0 Å². The fourth-order valence-corrected chi connectivity index (χ4v) is 5.14. The second-order valence-corrected chi connectivity index (χ2v) is 9.20. The third kappa shape index (κ3) is 5.25. The van der Waals surface area contributed by atoms with Crippen LogP contribution in [0.5, 0.6) is 17.2 Å². The van der Waals surface area contributed by atoms with Gasteiger partial charge in [0.1, 0.15) is 17.2 Å². The van der Waals surface area contributed by atoms with Gasteiger partial charge in [-0.05, 0) is 84.5 Å². The van der Waals surface area contributed by atoms with E-state index in [4.69, 9.17) is 14.6 Å². The number of hydrazone groups is 1. The molecule has 1 fully saturated rings. The lowest BCUT2D eigenvalue weighted by Crippen LogP contribution is -2.32. The summed E-state index contributed by atoms with van der Waals surface area (Å²) in [4.78, 5) is 13.8. The second kappa shape index (κ2) is 11.0. The van der Waals surface area contributed by atoms with Gasteiger partial charge < -0.3 is 14.2 Å². The Morgan fingerprint density at radius 3 is 2.32 bits per heavy atom. The highest BCUT2D eigenvalue weighted by Crippen LogP contribution is 2.45. The number of hydrogen-bond donors (Lipinski definition) is 0. The summed E-state index contributed by atoms with van der Waals surface area (Å²) in [6.45, 7) is -2.98. The van der Waals surface area contributed by atoms with E-state index in [0.717, 1.165) is 47.4 Å². The van der Waals surface area contributed by atoms with E-state index in [-0.39, 0.29) is 29.2 Å². The van der Waals surface area contributed by atoms with Gasteiger partial charge in [-0.3, -0.25) is 4.79 Å². The molecule has 1 saturated carbocycles. The van der Waals surface area contributed by atoms with Gasteiger partial charge in [-0.25, -0.2) is 5.01 Å². The summed E-state index contributed by atoms with van der Waals surface area (Å²) in [6, 6.07) is 20.9. The summed E-state index contributed by atoms with van der Waals surface area (Å²) in [5.41, 5.74) is 4.13. The van der Waals surface area contributed by atoms with Gasteiger partial charge >= 0.3 is 6.61 Å². The van der Waals surface area contributed by atoms with Crippen LogP contribution in [0, 0.1) is 5.92 Å². The van der Waals surface area contributed by atoms with Crippen LogP contribution in [0.1, 0.15) is 46.8 Å². The topological polar surface area (TPSA) is 60.4 Å². The number of rotatable bonds is 7. The molecule has 196 valence electrons. The number of amides is 1. The van der Waals surface area contributed by atoms with Gasteiger partial charge in [-0.15, -0.1) is 0 Å². The highest BCUT2D eigenvalue weighted by atomic mass is 19.3. The molecule has 0 unspecified atom stereocenters. The van der Waals surface area contributed by atoms with Crippen LogP contribution < -0.4 is 14.2 Å². The van der Waals surface area contributed by atoms with Gasteiger partial charge in [-0.1, -0.05) is 30.3 Å². The number of benzene rings is 3. The van der Waals surface area contributed by atoms with Gasteiger partial charge in [-0.2, -0.15) is 13.9 Å². The van der Waals surface area contributed by atoms with Crippen molar-refractivity contribution in [3.63, 3.8) is 0 Å². The maximum Gasteiger partial charge on any atom is 0.387 e. The van der Waals surface area contributed by atoms with Crippen molar-refractivity contribution >= 4 is 17.7 Å². The summed E-state index contributed by atoms with van der Waals surface area (Å²) in [5, 5.41) is 6.37. The predicted octanol–water partition coefficient (Wildman–Crippen LogP) is 6.74. The van der Waals surface area contributed by atoms with Crippen LogP contribution in [0.2, 0.25) is 0 Å². The standard InChI is InChI=1S/C30H28F2N2O4/c1-36-23-13-9-19(10-14-23)17-21-5-4-8-26-27(21)33-34(28(26)20-11-15-24(37-2)16-12-20)29(35)22-6-3-7-25(18-22)38-30(31)32/h3,6-7,9-18,26,28,30H,4-5,8H2,1-2H3/b21-17+/t26-,28+/m1/s1. The van der Waals surface area contributed by atoms with E-state index >= 15 is 0 Å². The number of ether oxygens (including phenoxy) is 3. The predicted molar refractivity (Wildman–Crippen MR) is 141 cm³/mol. The molecule has 3 aromatic carbocycles. The second-order valence-electron chi connectivity index (χ2n) is 9.20. The molecule has 2 aliphatic rings. The van der Waals surface area contributed by atoms with Crippen molar-refractivity contribution in [1.82, 2.24) is 5.01 Å². The Labute approximate surface area is 220 Å². The van der Waals surface area contributed by atoms with E-state index in [1.54, 1.807) is 20.3 Å². The number of hydrogen-bond acceptors (Lipinski definition) is 5. The average Bonchev–Trinajstić information content (AvgIpc) is 3.33. The number of carbonyl (C=O) groups is 1. The molecule has 1 amide bonds. The number of carbonyl (C=O) groups excluding carboxylic acids is 1. The molecule has 0 spiro atoms. The van der Waals surface area contributed by atoms with Crippen LogP contribution in [0.15, 0.2) is 83.5 Å². The molecule has 2 atom stereocenters. The summed E-state index contributed by atoms with van der Waals surface area (Å²) < 4.78 is 40.7. The first-order valence-electron chi connectivity index (χ1n) is 12.4. The van der Waals surface area contributed by atoms with E-state index in [2.05, 4.69) is 10.8 Å². The molecule has 1 aliphatic carbocycles. The number of fused-ring (bicyclic) bond motifs is 1. The SMILES string of the molecule is COc1ccc(/C=C2\CCC[C@@H]3C2=NN(C(=O)c2cccc(OC(F)F)c2)[C@H]3c2ccc(OC)cc2)cc1. The first kappa shape index (κ1) is 25.4. The molecular formula is C30H28F2N2O4. The minimum atomic E-state index is -2.98. The Balaban J connectivity index is 1.54. The maximum atomic E-state index is 13.8. The van der Waals surface area contributed by atoms with Crippen molar-refractivity contribution in [2.24, 2.45) is 11.0 Å². The summed E-state index contributed by atoms with van der Waals surface area (Å²) in [6.07, 6.45) is 4.78. The molecular weight excluding hydrogens is 490 g/mol. The van der Waals surface area contributed by atoms with Crippen molar-refractivity contribution < 1.29 is 27.8 Å². The van der Waals surface area contributed by atoms with Crippen LogP contribution in [-0.2, 0) is 0 Å². The molecule has 6 nitrogen and oxygen atoms in total. The number of nitrogens with zero attached hydrogens (tertiary/aromatic N) is 2. The van der Waals surface area contributed by atoms with Gasteiger partial charge in [0.25, 0.3) is 5.91 Å². The Morgan fingerprint density at radius 1 is 0.974 bits per heavy atom. The fraction of sp³-hybridized carbons (Fsp3) is 0.267. The Morgan fingerprint density at radius 2 is 1.66 bits per heavy atom. The van der Waals surface area contributed by atoms with Gasteiger partial charge in [0, 0.05) is 11.5 Å². The molecule has 0 saturated heterocycles. The zero-order chi connectivity index (χ0) is 26.6. The number of allylic oxidation sites excluding steroid dienone is 1. The van der Waals surface area contributed by atoms with E-state index in [0.29, 0.717) is 5.75 Å². The summed E-state index contributed by atoms with van der Waals surface area (Å²) >= 11 is 0. The van der Waals surface area contributed by atoms with Crippen molar-refractivity contribution in [2.75, 3.05) is 14.2 Å². The quantitative estimate of drug-likeness (QED) is 0.348. The van der Waals surface area contributed by atoms with Gasteiger partial charge in [0.2, 0.25) is 0 Å². The lowest BCUT2D eigenvalue weighted by Gasteiger charge is -2.29. The molecule has 1 heterocycles. The zero-order valence-corrected chi connectivity index (χ0v) is 21.1. The molecule has 0 radical (unpaired) electrons. The maximum absolute atomic E-state index is 13.8. The van der Waals surface area contributed by atoms with Gasteiger partial charge in [0.15, 0.2) is 0 Å². The largest absolute Gasteiger partial charge is 0.497 e. The molecule has 5 rings (SSSR count). The third-order valence-electron chi connectivity index (χ3n) is 6.93. The van der Waals surface area contributed by atoms with Crippen LogP contribution >= 0.6 is 0 Å². The molecule has 8 heteroatoms. The lowest BCUT2D eigenvalue weighted by atomic mass is 9.77. The number of halogens is 2. The Kier molecular flexibility index (Phi) is 7.40. The van der Waals surface area contributed by atoms with Crippen molar-refractivity contribution in [2.45, 2.75) is 31.9 Å². The van der Waals surface area contributed by atoms with Crippen molar-refractivity contribution in [3.8, 4) is 17.2 Å². The number of methoxy groups -OCH3 is 2. The number of alkyl halides is 2. The first-order chi connectivity index (χ1) is 18.5. The minimum absolute atomic E-state index is 0.00825. The van der Waals surface area contributed by atoms with Gasteiger partial charge in [0.05, 0.1) is 26.0 Å². The Bertz CT molecular complexity index is 1350. The molecule has 3 aromatic rings. The minimum Gasteiger partial charge on any atom is -0.497 e. The van der Waals surface area contributed by atoms with Crippen LogP contribution in [-0.4, -0.2) is 37.5 Å². The first-order valence-corrected chi connectivity index (χ1v) is 12.4. The Hall–Kier alpha value is -4.20. The van der Waals surface area contributed by atoms with Crippen molar-refractivity contribution in [3.05, 3.63) is 95.1 Å². The van der Waals surface area contributed by atoms with E-state index in [9.17, 15) is 13.6 Å². The van der Waals surface area contributed by atoms with Crippen LogP contribution in [0.4, 0.5) is 8.78 Å². The third-order valence-corrected chi connectivity index (χ3v) is 6.93. The monoisotopic (exact) mass is 518 g/mol. The van der Waals surface area contributed by atoms with E-state index in [1.165, 1.54) is 23.2 Å². The van der Waals surface area contributed by atoms with E-state index in [1.807, 2.05) is 48.5 Å². The average molecular weight is 519 g/mol. The highest BCUT2D eigenvalue weighted by Gasteiger charge is 2.44. The fourth-order valence-electron chi connectivity index (χ4n) is 5.14. The molecule has 0 bridgehead atoms. The molecule has 0 aromatic heterocycles.